The average molecular weight is 369 g/mol. The molecule has 0 spiro atoms. The number of anilines is 1. The summed E-state index contributed by atoms with van der Waals surface area (Å²) in [5.41, 5.74) is 0.371. The SMILES string of the molecule is CNC(=O)C1(Nc2cccc(OC)c2)CCN(C(=O)c2ccncn2)CC1. The van der Waals surface area contributed by atoms with E-state index in [-0.39, 0.29) is 11.8 Å². The number of benzene rings is 1. The van der Waals surface area contributed by atoms with Gasteiger partial charge < -0.3 is 20.3 Å². The molecule has 2 amide bonds. The number of nitrogens with one attached hydrogen (secondary N) is 2. The highest BCUT2D eigenvalue weighted by molar-refractivity contribution is 5.93. The number of carbonyl (C=O) groups excluding carboxylic acids is 2. The minimum absolute atomic E-state index is 0.0977. The Morgan fingerprint density at radius 2 is 2.00 bits per heavy atom. The zero-order valence-electron chi connectivity index (χ0n) is 15.4. The van der Waals surface area contributed by atoms with E-state index in [1.54, 1.807) is 31.3 Å². The van der Waals surface area contributed by atoms with Gasteiger partial charge in [-0.3, -0.25) is 9.59 Å². The van der Waals surface area contributed by atoms with Crippen LogP contribution in [0.1, 0.15) is 23.3 Å². The standard InChI is InChI=1S/C19H23N5O3/c1-20-18(26)19(23-14-4-3-5-15(12-14)27-2)7-10-24(11-8-19)17(25)16-6-9-21-13-22-16/h3-6,9,12-13,23H,7-8,10-11H2,1-2H3,(H,20,26). The molecular weight excluding hydrogens is 346 g/mol. The van der Waals surface area contributed by atoms with Gasteiger partial charge in [0.05, 0.1) is 7.11 Å². The maximum absolute atomic E-state index is 12.7. The van der Waals surface area contributed by atoms with Crippen molar-refractivity contribution in [3.8, 4) is 5.75 Å². The van der Waals surface area contributed by atoms with Gasteiger partial charge in [0.25, 0.3) is 5.91 Å². The van der Waals surface area contributed by atoms with Crippen molar-refractivity contribution in [2.45, 2.75) is 18.4 Å². The number of ether oxygens (including phenoxy) is 1. The van der Waals surface area contributed by atoms with Gasteiger partial charge in [-0.2, -0.15) is 0 Å². The van der Waals surface area contributed by atoms with Crippen LogP contribution in [0, 0.1) is 0 Å². The third-order valence-corrected chi connectivity index (χ3v) is 4.82. The lowest BCUT2D eigenvalue weighted by atomic mass is 9.85. The minimum Gasteiger partial charge on any atom is -0.497 e. The summed E-state index contributed by atoms with van der Waals surface area (Å²) >= 11 is 0. The highest BCUT2D eigenvalue weighted by Crippen LogP contribution is 2.29. The molecular formula is C19H23N5O3. The molecule has 0 saturated carbocycles. The average Bonchev–Trinajstić information content (AvgIpc) is 2.74. The monoisotopic (exact) mass is 369 g/mol. The fraction of sp³-hybridized carbons (Fsp3) is 0.368. The van der Waals surface area contributed by atoms with Gasteiger partial charge in [0.1, 0.15) is 23.3 Å². The smallest absolute Gasteiger partial charge is 0.272 e. The van der Waals surface area contributed by atoms with E-state index >= 15 is 0 Å². The van der Waals surface area contributed by atoms with Crippen LogP contribution in [-0.2, 0) is 4.79 Å². The number of likely N-dealkylation sites (tertiary alicyclic amines) is 1. The van der Waals surface area contributed by atoms with E-state index < -0.39 is 5.54 Å². The van der Waals surface area contributed by atoms with Gasteiger partial charge in [0.2, 0.25) is 5.91 Å². The van der Waals surface area contributed by atoms with E-state index in [9.17, 15) is 9.59 Å². The summed E-state index contributed by atoms with van der Waals surface area (Å²) in [5.74, 6) is 0.465. The van der Waals surface area contributed by atoms with Gasteiger partial charge in [-0.15, -0.1) is 0 Å². The van der Waals surface area contributed by atoms with Gasteiger partial charge in [-0.1, -0.05) is 6.07 Å². The van der Waals surface area contributed by atoms with Crippen LogP contribution in [0.4, 0.5) is 5.69 Å². The number of methoxy groups -OCH3 is 1. The van der Waals surface area contributed by atoms with Crippen LogP contribution in [0.25, 0.3) is 0 Å². The van der Waals surface area contributed by atoms with Gasteiger partial charge in [-0.05, 0) is 31.0 Å². The van der Waals surface area contributed by atoms with Crippen molar-refractivity contribution in [2.75, 3.05) is 32.6 Å². The summed E-state index contributed by atoms with van der Waals surface area (Å²) in [6.07, 6.45) is 3.88. The fourth-order valence-electron chi connectivity index (χ4n) is 3.30. The van der Waals surface area contributed by atoms with E-state index in [0.717, 1.165) is 5.69 Å². The van der Waals surface area contributed by atoms with E-state index in [2.05, 4.69) is 20.6 Å². The first-order valence-corrected chi connectivity index (χ1v) is 8.78. The molecule has 2 heterocycles. The molecule has 1 aliphatic heterocycles. The molecule has 27 heavy (non-hydrogen) atoms. The summed E-state index contributed by atoms with van der Waals surface area (Å²) in [4.78, 5) is 34.8. The number of hydrogen-bond donors (Lipinski definition) is 2. The molecule has 0 atom stereocenters. The summed E-state index contributed by atoms with van der Waals surface area (Å²) in [7, 11) is 3.22. The number of hydrogen-bond acceptors (Lipinski definition) is 6. The van der Waals surface area contributed by atoms with E-state index in [1.807, 2.05) is 24.3 Å². The lowest BCUT2D eigenvalue weighted by Crippen LogP contribution is -2.58. The molecule has 2 aromatic rings. The van der Waals surface area contributed by atoms with Crippen molar-refractivity contribution in [1.82, 2.24) is 20.2 Å². The Kier molecular flexibility index (Phi) is 5.54. The van der Waals surface area contributed by atoms with Crippen molar-refractivity contribution in [2.24, 2.45) is 0 Å². The lowest BCUT2D eigenvalue weighted by molar-refractivity contribution is -0.126. The Bertz CT molecular complexity index is 804. The predicted molar refractivity (Wildman–Crippen MR) is 101 cm³/mol. The Hall–Kier alpha value is -3.16. The molecule has 0 unspecified atom stereocenters. The van der Waals surface area contributed by atoms with Crippen LogP contribution in [-0.4, -0.2) is 59.5 Å². The quantitative estimate of drug-likeness (QED) is 0.825. The third kappa shape index (κ3) is 3.99. The molecule has 2 N–H and O–H groups in total. The van der Waals surface area contributed by atoms with Gasteiger partial charge in [-0.25, -0.2) is 9.97 Å². The molecule has 8 nitrogen and oxygen atoms in total. The number of amides is 2. The van der Waals surface area contributed by atoms with Crippen molar-refractivity contribution in [1.29, 1.82) is 0 Å². The maximum atomic E-state index is 12.7. The molecule has 142 valence electrons. The van der Waals surface area contributed by atoms with Crippen LogP contribution in [0.5, 0.6) is 5.75 Å². The molecule has 1 aromatic carbocycles. The summed E-state index contributed by atoms with van der Waals surface area (Å²) in [6.45, 7) is 0.903. The number of likely N-dealkylation sites (N-methyl/N-ethyl adjacent to an activating group) is 1. The van der Waals surface area contributed by atoms with Crippen LogP contribution >= 0.6 is 0 Å². The first-order valence-electron chi connectivity index (χ1n) is 8.78. The highest BCUT2D eigenvalue weighted by atomic mass is 16.5. The number of rotatable bonds is 5. The lowest BCUT2D eigenvalue weighted by Gasteiger charge is -2.41. The third-order valence-electron chi connectivity index (χ3n) is 4.82. The zero-order valence-corrected chi connectivity index (χ0v) is 15.4. The van der Waals surface area contributed by atoms with Crippen LogP contribution in [0.2, 0.25) is 0 Å². The molecule has 1 saturated heterocycles. The second-order valence-corrected chi connectivity index (χ2v) is 6.41. The Labute approximate surface area is 158 Å². The largest absolute Gasteiger partial charge is 0.497 e. The predicted octanol–water partition coefficient (Wildman–Crippen LogP) is 1.32. The number of nitrogens with zero attached hydrogens (tertiary/aromatic N) is 3. The van der Waals surface area contributed by atoms with Gasteiger partial charge >= 0.3 is 0 Å². The zero-order chi connectivity index (χ0) is 19.3. The number of aromatic nitrogens is 2. The van der Waals surface area contributed by atoms with E-state index in [1.165, 1.54) is 6.33 Å². The summed E-state index contributed by atoms with van der Waals surface area (Å²) in [6, 6.07) is 9.05. The van der Waals surface area contributed by atoms with Crippen molar-refractivity contribution >= 4 is 17.5 Å². The van der Waals surface area contributed by atoms with Crippen LogP contribution < -0.4 is 15.4 Å². The fourth-order valence-corrected chi connectivity index (χ4v) is 3.30. The molecule has 1 aliphatic rings. The molecule has 1 aromatic heterocycles. The second-order valence-electron chi connectivity index (χ2n) is 6.41. The maximum Gasteiger partial charge on any atom is 0.272 e. The van der Waals surface area contributed by atoms with E-state index in [0.29, 0.717) is 37.4 Å². The van der Waals surface area contributed by atoms with Crippen LogP contribution in [0.15, 0.2) is 42.9 Å². The van der Waals surface area contributed by atoms with Crippen molar-refractivity contribution in [3.05, 3.63) is 48.5 Å². The number of carbonyl (C=O) groups is 2. The summed E-state index contributed by atoms with van der Waals surface area (Å²) < 4.78 is 5.26. The van der Waals surface area contributed by atoms with Gasteiger partial charge in [0, 0.05) is 38.1 Å². The highest BCUT2D eigenvalue weighted by Gasteiger charge is 2.42. The molecule has 0 bridgehead atoms. The number of piperidine rings is 1. The molecule has 0 radical (unpaired) electrons. The minimum atomic E-state index is -0.788. The first kappa shape index (κ1) is 18.6. The van der Waals surface area contributed by atoms with Gasteiger partial charge in [0.15, 0.2) is 0 Å². The second kappa shape index (κ2) is 8.03. The molecule has 1 fully saturated rings. The van der Waals surface area contributed by atoms with Crippen LogP contribution in [0.3, 0.4) is 0 Å². The Morgan fingerprint density at radius 3 is 2.63 bits per heavy atom. The van der Waals surface area contributed by atoms with E-state index in [4.69, 9.17) is 4.74 Å². The Balaban J connectivity index is 1.75. The molecule has 3 rings (SSSR count). The molecule has 0 aliphatic carbocycles. The summed E-state index contributed by atoms with van der Waals surface area (Å²) in [5, 5.41) is 6.11. The van der Waals surface area contributed by atoms with Crippen molar-refractivity contribution < 1.29 is 14.3 Å². The molecule has 8 heteroatoms. The Morgan fingerprint density at radius 1 is 1.22 bits per heavy atom. The normalized spacial score (nSPS) is 15.7. The van der Waals surface area contributed by atoms with Crippen molar-refractivity contribution in [3.63, 3.8) is 0 Å². The first-order chi connectivity index (χ1) is 13.1. The topological polar surface area (TPSA) is 96.5 Å².